The number of carbonyl (C=O) groups is 1. The number of hydrogen-bond donors (Lipinski definition) is 1. The van der Waals surface area contributed by atoms with Crippen LogP contribution in [-0.4, -0.2) is 13.0 Å². The molecule has 0 fully saturated rings. The SMILES string of the molecule is COc1ccc(Cl)cc1NC(=O)c1ccc(F)cc1. The minimum Gasteiger partial charge on any atom is -0.495 e. The maximum atomic E-state index is 12.8. The highest BCUT2D eigenvalue weighted by molar-refractivity contribution is 6.31. The predicted molar refractivity (Wildman–Crippen MR) is 72.4 cm³/mol. The van der Waals surface area contributed by atoms with E-state index in [0.29, 0.717) is 22.0 Å². The fourth-order valence-corrected chi connectivity index (χ4v) is 1.75. The van der Waals surface area contributed by atoms with Crippen LogP contribution in [0, 0.1) is 5.82 Å². The summed E-state index contributed by atoms with van der Waals surface area (Å²) < 4.78 is 17.9. The summed E-state index contributed by atoms with van der Waals surface area (Å²) in [6.45, 7) is 0. The van der Waals surface area contributed by atoms with E-state index in [9.17, 15) is 9.18 Å². The molecule has 0 unspecified atom stereocenters. The van der Waals surface area contributed by atoms with E-state index in [1.54, 1.807) is 18.2 Å². The predicted octanol–water partition coefficient (Wildman–Crippen LogP) is 3.74. The van der Waals surface area contributed by atoms with Crippen molar-refractivity contribution in [3.05, 3.63) is 58.9 Å². The molecule has 1 amide bonds. The molecule has 3 nitrogen and oxygen atoms in total. The number of ether oxygens (including phenoxy) is 1. The molecule has 0 atom stereocenters. The van der Waals surface area contributed by atoms with E-state index in [-0.39, 0.29) is 5.91 Å². The third kappa shape index (κ3) is 3.23. The Bertz CT molecular complexity index is 599. The van der Waals surface area contributed by atoms with Crippen molar-refractivity contribution >= 4 is 23.2 Å². The molecule has 0 aliphatic carbocycles. The third-order valence-electron chi connectivity index (χ3n) is 2.52. The molecule has 0 aliphatic heterocycles. The summed E-state index contributed by atoms with van der Waals surface area (Å²) in [5, 5.41) is 3.15. The molecule has 0 aromatic heterocycles. The highest BCUT2D eigenvalue weighted by Gasteiger charge is 2.10. The van der Waals surface area contributed by atoms with E-state index >= 15 is 0 Å². The van der Waals surface area contributed by atoms with Gasteiger partial charge < -0.3 is 10.1 Å². The lowest BCUT2D eigenvalue weighted by Crippen LogP contribution is -2.12. The van der Waals surface area contributed by atoms with Crippen molar-refractivity contribution in [2.45, 2.75) is 0 Å². The van der Waals surface area contributed by atoms with Gasteiger partial charge in [0.15, 0.2) is 0 Å². The van der Waals surface area contributed by atoms with Crippen molar-refractivity contribution < 1.29 is 13.9 Å². The van der Waals surface area contributed by atoms with Crippen LogP contribution in [0.4, 0.5) is 10.1 Å². The molecule has 0 saturated heterocycles. The van der Waals surface area contributed by atoms with E-state index < -0.39 is 5.82 Å². The quantitative estimate of drug-likeness (QED) is 0.929. The molecule has 2 rings (SSSR count). The second-order valence-corrected chi connectivity index (χ2v) is 4.24. The molecule has 0 spiro atoms. The topological polar surface area (TPSA) is 38.3 Å². The smallest absolute Gasteiger partial charge is 0.255 e. The van der Waals surface area contributed by atoms with Gasteiger partial charge in [-0.2, -0.15) is 0 Å². The Morgan fingerprint density at radius 1 is 1.21 bits per heavy atom. The molecule has 19 heavy (non-hydrogen) atoms. The van der Waals surface area contributed by atoms with Crippen LogP contribution in [0.2, 0.25) is 5.02 Å². The Labute approximate surface area is 115 Å². The van der Waals surface area contributed by atoms with Crippen molar-refractivity contribution in [1.29, 1.82) is 0 Å². The Morgan fingerprint density at radius 3 is 2.53 bits per heavy atom. The first-order chi connectivity index (χ1) is 9.10. The molecule has 98 valence electrons. The largest absolute Gasteiger partial charge is 0.495 e. The Balaban J connectivity index is 2.23. The molecule has 0 aliphatic rings. The van der Waals surface area contributed by atoms with Crippen LogP contribution in [0.3, 0.4) is 0 Å². The lowest BCUT2D eigenvalue weighted by atomic mass is 10.2. The zero-order chi connectivity index (χ0) is 13.8. The van der Waals surface area contributed by atoms with Gasteiger partial charge in [-0.05, 0) is 42.5 Å². The van der Waals surface area contributed by atoms with Gasteiger partial charge >= 0.3 is 0 Å². The van der Waals surface area contributed by atoms with Gasteiger partial charge in [-0.1, -0.05) is 11.6 Å². The number of anilines is 1. The molecule has 2 aromatic rings. The monoisotopic (exact) mass is 279 g/mol. The molecule has 1 N–H and O–H groups in total. The summed E-state index contributed by atoms with van der Waals surface area (Å²) in [4.78, 5) is 12.0. The maximum absolute atomic E-state index is 12.8. The number of rotatable bonds is 3. The second kappa shape index (κ2) is 5.71. The number of halogens is 2. The lowest BCUT2D eigenvalue weighted by molar-refractivity contribution is 0.102. The van der Waals surface area contributed by atoms with Gasteiger partial charge in [0, 0.05) is 10.6 Å². The van der Waals surface area contributed by atoms with Crippen molar-refractivity contribution in [3.63, 3.8) is 0 Å². The number of carbonyl (C=O) groups excluding carboxylic acids is 1. The average molecular weight is 280 g/mol. The van der Waals surface area contributed by atoms with E-state index in [1.165, 1.54) is 31.4 Å². The van der Waals surface area contributed by atoms with Gasteiger partial charge in [0.2, 0.25) is 0 Å². The Morgan fingerprint density at radius 2 is 1.89 bits per heavy atom. The van der Waals surface area contributed by atoms with Gasteiger partial charge in [-0.15, -0.1) is 0 Å². The minimum atomic E-state index is -0.392. The highest BCUT2D eigenvalue weighted by atomic mass is 35.5. The summed E-state index contributed by atoms with van der Waals surface area (Å²) in [6.07, 6.45) is 0. The van der Waals surface area contributed by atoms with Gasteiger partial charge in [-0.25, -0.2) is 4.39 Å². The van der Waals surface area contributed by atoms with E-state index in [1.807, 2.05) is 0 Å². The fraction of sp³-hybridized carbons (Fsp3) is 0.0714. The number of methoxy groups -OCH3 is 1. The fourth-order valence-electron chi connectivity index (χ4n) is 1.57. The average Bonchev–Trinajstić information content (AvgIpc) is 2.39. The lowest BCUT2D eigenvalue weighted by Gasteiger charge is -2.10. The van der Waals surface area contributed by atoms with Crippen LogP contribution in [0.5, 0.6) is 5.75 Å². The third-order valence-corrected chi connectivity index (χ3v) is 2.75. The number of amides is 1. The van der Waals surface area contributed by atoms with Crippen LogP contribution in [0.25, 0.3) is 0 Å². The zero-order valence-corrected chi connectivity index (χ0v) is 10.9. The van der Waals surface area contributed by atoms with E-state index in [2.05, 4.69) is 5.32 Å². The standard InChI is InChI=1S/C14H11ClFNO2/c1-19-13-7-4-10(15)8-12(13)17-14(18)9-2-5-11(16)6-3-9/h2-8H,1H3,(H,17,18). The molecular weight excluding hydrogens is 269 g/mol. The molecule has 0 heterocycles. The number of benzene rings is 2. The normalized spacial score (nSPS) is 10.1. The van der Waals surface area contributed by atoms with E-state index in [4.69, 9.17) is 16.3 Å². The van der Waals surface area contributed by atoms with Gasteiger partial charge in [0.25, 0.3) is 5.91 Å². The van der Waals surface area contributed by atoms with Crippen LogP contribution in [0.15, 0.2) is 42.5 Å². The summed E-state index contributed by atoms with van der Waals surface area (Å²) >= 11 is 5.87. The van der Waals surface area contributed by atoms with E-state index in [0.717, 1.165) is 0 Å². The van der Waals surface area contributed by atoms with Gasteiger partial charge in [-0.3, -0.25) is 4.79 Å². The van der Waals surface area contributed by atoms with Crippen LogP contribution in [-0.2, 0) is 0 Å². The molecule has 5 heteroatoms. The summed E-state index contributed by atoms with van der Waals surface area (Å²) in [7, 11) is 1.50. The van der Waals surface area contributed by atoms with Crippen LogP contribution in [0.1, 0.15) is 10.4 Å². The second-order valence-electron chi connectivity index (χ2n) is 3.81. The summed E-state index contributed by atoms with van der Waals surface area (Å²) in [5.41, 5.74) is 0.813. The van der Waals surface area contributed by atoms with Crippen molar-refractivity contribution in [2.75, 3.05) is 12.4 Å². The first kappa shape index (κ1) is 13.4. The summed E-state index contributed by atoms with van der Waals surface area (Å²) in [5.74, 6) is -0.252. The van der Waals surface area contributed by atoms with Gasteiger partial charge in [0.05, 0.1) is 12.8 Å². The van der Waals surface area contributed by atoms with Crippen LogP contribution < -0.4 is 10.1 Å². The van der Waals surface area contributed by atoms with Crippen molar-refractivity contribution in [1.82, 2.24) is 0 Å². The molecule has 0 saturated carbocycles. The van der Waals surface area contributed by atoms with Crippen molar-refractivity contribution in [3.8, 4) is 5.75 Å². The van der Waals surface area contributed by atoms with Crippen molar-refractivity contribution in [2.24, 2.45) is 0 Å². The number of nitrogens with one attached hydrogen (secondary N) is 1. The summed E-state index contributed by atoms with van der Waals surface area (Å²) in [6, 6.07) is 10.2. The maximum Gasteiger partial charge on any atom is 0.255 e. The molecule has 2 aromatic carbocycles. The molecule has 0 radical (unpaired) electrons. The Kier molecular flexibility index (Phi) is 4.02. The number of hydrogen-bond acceptors (Lipinski definition) is 2. The van der Waals surface area contributed by atoms with Crippen LogP contribution >= 0.6 is 11.6 Å². The molecule has 0 bridgehead atoms. The molecular formula is C14H11ClFNO2. The minimum absolute atomic E-state index is 0.350. The van der Waals surface area contributed by atoms with Gasteiger partial charge in [0.1, 0.15) is 11.6 Å². The first-order valence-corrected chi connectivity index (χ1v) is 5.88. The highest BCUT2D eigenvalue weighted by Crippen LogP contribution is 2.28. The Hall–Kier alpha value is -2.07. The zero-order valence-electron chi connectivity index (χ0n) is 10.1. The first-order valence-electron chi connectivity index (χ1n) is 5.50.